The fourth-order valence-corrected chi connectivity index (χ4v) is 4.82. The van der Waals surface area contributed by atoms with Crippen LogP contribution in [0, 0.1) is 12.8 Å². The van der Waals surface area contributed by atoms with Crippen molar-refractivity contribution in [2.45, 2.75) is 26.2 Å². The number of likely N-dealkylation sites (tertiary alicyclic amines) is 1. The van der Waals surface area contributed by atoms with Crippen molar-refractivity contribution in [3.05, 3.63) is 59.6 Å². The number of hydrogen-bond donors (Lipinski definition) is 0. The summed E-state index contributed by atoms with van der Waals surface area (Å²) in [7, 11) is 0. The first-order valence-corrected chi connectivity index (χ1v) is 11.0. The summed E-state index contributed by atoms with van der Waals surface area (Å²) in [6, 6.07) is 3.89. The van der Waals surface area contributed by atoms with E-state index in [0.717, 1.165) is 30.2 Å². The molecule has 10 heteroatoms. The Morgan fingerprint density at radius 2 is 2.13 bits per heavy atom. The topological polar surface area (TPSA) is 103 Å². The lowest BCUT2D eigenvalue weighted by atomic mass is 9.94. The molecular formula is C21H21N7O2S. The van der Waals surface area contributed by atoms with E-state index in [2.05, 4.69) is 25.1 Å². The number of rotatable bonds is 5. The Kier molecular flexibility index (Phi) is 5.29. The average molecular weight is 436 g/mol. The molecule has 1 fully saturated rings. The summed E-state index contributed by atoms with van der Waals surface area (Å²) in [5.41, 5.74) is 1.35. The molecule has 0 bridgehead atoms. The van der Waals surface area contributed by atoms with E-state index in [9.17, 15) is 4.79 Å². The maximum atomic E-state index is 13.2. The van der Waals surface area contributed by atoms with Crippen molar-refractivity contribution in [2.75, 3.05) is 13.1 Å². The van der Waals surface area contributed by atoms with Gasteiger partial charge in [-0.1, -0.05) is 16.5 Å². The van der Waals surface area contributed by atoms with Gasteiger partial charge in [0.1, 0.15) is 10.6 Å². The minimum absolute atomic E-state index is 0.0453. The van der Waals surface area contributed by atoms with E-state index in [1.54, 1.807) is 18.6 Å². The lowest BCUT2D eigenvalue weighted by Gasteiger charge is -2.32. The zero-order valence-electron chi connectivity index (χ0n) is 17.0. The van der Waals surface area contributed by atoms with Gasteiger partial charge in [0.15, 0.2) is 5.13 Å². The SMILES string of the molecule is Cc1nc(-n2cccc2)sc1C(=O)N1CCC[C@H](Cc2nc(-c3cnccn3)no2)C1. The van der Waals surface area contributed by atoms with Crippen LogP contribution in [0.2, 0.25) is 0 Å². The van der Waals surface area contributed by atoms with Crippen LogP contribution in [0.25, 0.3) is 16.6 Å². The van der Waals surface area contributed by atoms with Crippen LogP contribution in [0.5, 0.6) is 0 Å². The van der Waals surface area contributed by atoms with Gasteiger partial charge in [0.2, 0.25) is 11.7 Å². The molecule has 4 aromatic heterocycles. The number of nitrogens with zero attached hydrogens (tertiary/aromatic N) is 7. The highest BCUT2D eigenvalue weighted by Gasteiger charge is 2.28. The first-order chi connectivity index (χ1) is 15.2. The highest BCUT2D eigenvalue weighted by atomic mass is 32.1. The second-order valence-electron chi connectivity index (χ2n) is 7.57. The molecule has 0 saturated carbocycles. The van der Waals surface area contributed by atoms with Crippen LogP contribution >= 0.6 is 11.3 Å². The number of amides is 1. The Morgan fingerprint density at radius 1 is 1.26 bits per heavy atom. The molecule has 1 atom stereocenters. The molecule has 0 radical (unpaired) electrons. The van der Waals surface area contributed by atoms with Crippen molar-refractivity contribution in [2.24, 2.45) is 5.92 Å². The normalized spacial score (nSPS) is 16.5. The number of aromatic nitrogens is 6. The van der Waals surface area contributed by atoms with Crippen LogP contribution in [0.15, 0.2) is 47.6 Å². The van der Waals surface area contributed by atoms with E-state index in [-0.39, 0.29) is 11.8 Å². The van der Waals surface area contributed by atoms with Gasteiger partial charge >= 0.3 is 0 Å². The fourth-order valence-electron chi connectivity index (χ4n) is 3.82. The molecule has 0 aromatic carbocycles. The molecule has 1 saturated heterocycles. The Balaban J connectivity index is 1.27. The Morgan fingerprint density at radius 3 is 2.94 bits per heavy atom. The minimum atomic E-state index is 0.0453. The lowest BCUT2D eigenvalue weighted by molar-refractivity contribution is 0.0672. The molecule has 0 N–H and O–H groups in total. The predicted octanol–water partition coefficient (Wildman–Crippen LogP) is 3.18. The van der Waals surface area contributed by atoms with Gasteiger partial charge in [0.25, 0.3) is 5.91 Å². The van der Waals surface area contributed by atoms with Gasteiger partial charge in [-0.05, 0) is 37.8 Å². The van der Waals surface area contributed by atoms with E-state index in [1.165, 1.54) is 11.3 Å². The van der Waals surface area contributed by atoms with Crippen LogP contribution in [0.4, 0.5) is 0 Å². The summed E-state index contributed by atoms with van der Waals surface area (Å²) >= 11 is 1.43. The number of carbonyl (C=O) groups excluding carboxylic acids is 1. The van der Waals surface area contributed by atoms with E-state index in [4.69, 9.17) is 4.52 Å². The maximum Gasteiger partial charge on any atom is 0.265 e. The largest absolute Gasteiger partial charge is 0.339 e. The number of aryl methyl sites for hydroxylation is 1. The molecule has 158 valence electrons. The summed E-state index contributed by atoms with van der Waals surface area (Å²) in [6.07, 6.45) is 11.3. The van der Waals surface area contributed by atoms with Crippen molar-refractivity contribution in [3.8, 4) is 16.6 Å². The van der Waals surface area contributed by atoms with E-state index >= 15 is 0 Å². The molecule has 31 heavy (non-hydrogen) atoms. The van der Waals surface area contributed by atoms with Crippen molar-refractivity contribution < 1.29 is 9.32 Å². The standard InChI is InChI=1S/C21H21N7O2S/c1-14-18(31-21(24-14)27-8-2-3-9-27)20(29)28-10-4-5-15(13-28)11-17-25-19(26-30-17)16-12-22-6-7-23-16/h2-3,6-9,12,15H,4-5,10-11,13H2,1H3/t15-/m1/s1. The molecule has 0 unspecified atom stereocenters. The van der Waals surface area contributed by atoms with Gasteiger partial charge in [-0.15, -0.1) is 0 Å². The molecule has 0 aliphatic carbocycles. The molecule has 0 spiro atoms. The number of carbonyl (C=O) groups is 1. The van der Waals surface area contributed by atoms with Crippen molar-refractivity contribution >= 4 is 17.2 Å². The van der Waals surface area contributed by atoms with Gasteiger partial charge in [0.05, 0.1) is 11.9 Å². The predicted molar refractivity (Wildman–Crippen MR) is 114 cm³/mol. The van der Waals surface area contributed by atoms with Crippen LogP contribution in [-0.2, 0) is 6.42 Å². The van der Waals surface area contributed by atoms with Crippen molar-refractivity contribution in [3.63, 3.8) is 0 Å². The highest BCUT2D eigenvalue weighted by Crippen LogP contribution is 2.27. The molecule has 5 rings (SSSR count). The first kappa shape index (κ1) is 19.6. The maximum absolute atomic E-state index is 13.2. The van der Waals surface area contributed by atoms with Gasteiger partial charge in [-0.25, -0.2) is 9.97 Å². The molecule has 4 aromatic rings. The number of hydrogen-bond acceptors (Lipinski definition) is 8. The molecule has 1 aliphatic rings. The van der Waals surface area contributed by atoms with Crippen LogP contribution < -0.4 is 0 Å². The summed E-state index contributed by atoms with van der Waals surface area (Å²) in [6.45, 7) is 3.31. The summed E-state index contributed by atoms with van der Waals surface area (Å²) in [4.78, 5) is 33.1. The van der Waals surface area contributed by atoms with E-state index < -0.39 is 0 Å². The third kappa shape index (κ3) is 4.11. The van der Waals surface area contributed by atoms with E-state index in [0.29, 0.717) is 35.3 Å². The van der Waals surface area contributed by atoms with Gasteiger partial charge in [-0.2, -0.15) is 4.98 Å². The second-order valence-corrected chi connectivity index (χ2v) is 8.54. The Bertz CT molecular complexity index is 1170. The highest BCUT2D eigenvalue weighted by molar-refractivity contribution is 7.16. The molecule has 1 amide bonds. The first-order valence-electron chi connectivity index (χ1n) is 10.2. The zero-order valence-corrected chi connectivity index (χ0v) is 17.8. The Hall–Kier alpha value is -3.40. The number of piperidine rings is 1. The Labute approximate surface area is 182 Å². The second kappa shape index (κ2) is 8.38. The summed E-state index contributed by atoms with van der Waals surface area (Å²) < 4.78 is 7.35. The van der Waals surface area contributed by atoms with Crippen LogP contribution in [0.3, 0.4) is 0 Å². The summed E-state index contributed by atoms with van der Waals surface area (Å²) in [5.74, 6) is 1.31. The third-order valence-electron chi connectivity index (χ3n) is 5.33. The van der Waals surface area contributed by atoms with E-state index in [1.807, 2.05) is 40.9 Å². The van der Waals surface area contributed by atoms with Crippen molar-refractivity contribution in [1.29, 1.82) is 0 Å². The molecule has 9 nitrogen and oxygen atoms in total. The third-order valence-corrected chi connectivity index (χ3v) is 6.49. The fraction of sp³-hybridized carbons (Fsp3) is 0.333. The van der Waals surface area contributed by atoms with Gasteiger partial charge < -0.3 is 14.0 Å². The van der Waals surface area contributed by atoms with Crippen LogP contribution in [-0.4, -0.2) is 53.6 Å². The zero-order chi connectivity index (χ0) is 21.2. The lowest BCUT2D eigenvalue weighted by Crippen LogP contribution is -2.40. The average Bonchev–Trinajstić information content (AvgIpc) is 3.55. The molecular weight excluding hydrogens is 414 g/mol. The van der Waals surface area contributed by atoms with Crippen LogP contribution in [0.1, 0.15) is 34.1 Å². The van der Waals surface area contributed by atoms with Gasteiger partial charge in [0, 0.05) is 44.3 Å². The van der Waals surface area contributed by atoms with Crippen molar-refractivity contribution in [1.82, 2.24) is 34.6 Å². The molecule has 1 aliphatic heterocycles. The minimum Gasteiger partial charge on any atom is -0.339 e. The van der Waals surface area contributed by atoms with Gasteiger partial charge in [-0.3, -0.25) is 9.78 Å². The quantitative estimate of drug-likeness (QED) is 0.474. The smallest absolute Gasteiger partial charge is 0.265 e. The summed E-state index contributed by atoms with van der Waals surface area (Å²) in [5, 5.41) is 4.82. The molecule has 5 heterocycles. The number of thiazole rings is 1. The monoisotopic (exact) mass is 435 g/mol.